The highest BCUT2D eigenvalue weighted by Crippen LogP contribution is 2.25. The molecule has 4 heteroatoms. The third kappa shape index (κ3) is 2.62. The fourth-order valence-corrected chi connectivity index (χ4v) is 1.09. The maximum Gasteiger partial charge on any atom is 0.201 e. The molecule has 0 unspecified atom stereocenters. The Kier molecular flexibility index (Phi) is 3.55. The number of hydrogen-bond acceptors (Lipinski definition) is 2. The second-order valence-electron chi connectivity index (χ2n) is 2.93. The Balaban J connectivity index is 3.19. The third-order valence-electron chi connectivity index (χ3n) is 1.78. The van der Waals surface area contributed by atoms with Crippen LogP contribution in [0.2, 0.25) is 0 Å². The van der Waals surface area contributed by atoms with E-state index in [4.69, 9.17) is 4.74 Å². The quantitative estimate of drug-likeness (QED) is 0.720. The Hall–Kier alpha value is -1.71. The first-order valence-electron chi connectivity index (χ1n) is 4.27. The monoisotopic (exact) mass is 212 g/mol. The van der Waals surface area contributed by atoms with Gasteiger partial charge in [-0.3, -0.25) is 4.79 Å². The number of hydrogen-bond donors (Lipinski definition) is 0. The zero-order valence-corrected chi connectivity index (χ0v) is 8.38. The van der Waals surface area contributed by atoms with E-state index in [0.717, 1.165) is 6.07 Å². The Morgan fingerprint density at radius 3 is 2.60 bits per heavy atom. The molecule has 0 spiro atoms. The van der Waals surface area contributed by atoms with Crippen molar-refractivity contribution in [3.63, 3.8) is 0 Å². The van der Waals surface area contributed by atoms with Crippen molar-refractivity contribution in [1.29, 1.82) is 0 Å². The zero-order valence-electron chi connectivity index (χ0n) is 8.38. The predicted octanol–water partition coefficient (Wildman–Crippen LogP) is 2.58. The molecule has 0 atom stereocenters. The number of benzene rings is 1. The Labute approximate surface area is 86.2 Å². The van der Waals surface area contributed by atoms with Gasteiger partial charge in [0, 0.05) is 5.56 Å². The number of ketones is 1. The number of methoxy groups -OCH3 is 1. The fraction of sp³-hybridized carbons (Fsp3) is 0.182. The van der Waals surface area contributed by atoms with Crippen molar-refractivity contribution in [1.82, 2.24) is 0 Å². The second-order valence-corrected chi connectivity index (χ2v) is 2.93. The van der Waals surface area contributed by atoms with E-state index in [0.29, 0.717) is 5.56 Å². The molecule has 0 bridgehead atoms. The van der Waals surface area contributed by atoms with Crippen molar-refractivity contribution in [3.8, 4) is 5.75 Å². The van der Waals surface area contributed by atoms with Crippen LogP contribution >= 0.6 is 0 Å². The fourth-order valence-electron chi connectivity index (χ4n) is 1.09. The SMILES string of the molecule is COc1c(/C=C/C(C)=O)ccc(F)c1F. The van der Waals surface area contributed by atoms with Gasteiger partial charge in [0.15, 0.2) is 17.3 Å². The maximum absolute atomic E-state index is 13.2. The Bertz CT molecular complexity index is 411. The number of halogens is 2. The lowest BCUT2D eigenvalue weighted by molar-refractivity contribution is -0.112. The summed E-state index contributed by atoms with van der Waals surface area (Å²) >= 11 is 0. The van der Waals surface area contributed by atoms with Crippen LogP contribution < -0.4 is 4.74 Å². The third-order valence-corrected chi connectivity index (χ3v) is 1.78. The molecule has 0 heterocycles. The van der Waals surface area contributed by atoms with Crippen LogP contribution in [0.15, 0.2) is 18.2 Å². The predicted molar refractivity (Wildman–Crippen MR) is 52.6 cm³/mol. The molecule has 1 rings (SSSR count). The van der Waals surface area contributed by atoms with E-state index in [1.807, 2.05) is 0 Å². The summed E-state index contributed by atoms with van der Waals surface area (Å²) in [4.78, 5) is 10.7. The highest BCUT2D eigenvalue weighted by atomic mass is 19.2. The van der Waals surface area contributed by atoms with Gasteiger partial charge in [-0.2, -0.15) is 4.39 Å². The molecule has 2 nitrogen and oxygen atoms in total. The molecule has 0 fully saturated rings. The topological polar surface area (TPSA) is 26.3 Å². The normalized spacial score (nSPS) is 10.7. The van der Waals surface area contributed by atoms with Crippen LogP contribution in [0, 0.1) is 11.6 Å². The molecule has 0 aromatic heterocycles. The van der Waals surface area contributed by atoms with E-state index in [-0.39, 0.29) is 11.5 Å². The molecular formula is C11H10F2O2. The molecule has 0 aliphatic heterocycles. The molecule has 0 aliphatic carbocycles. The van der Waals surface area contributed by atoms with E-state index >= 15 is 0 Å². The van der Waals surface area contributed by atoms with Gasteiger partial charge in [-0.25, -0.2) is 4.39 Å². The van der Waals surface area contributed by atoms with E-state index in [2.05, 4.69) is 0 Å². The summed E-state index contributed by atoms with van der Waals surface area (Å²) in [6.45, 7) is 1.36. The van der Waals surface area contributed by atoms with E-state index in [9.17, 15) is 13.6 Å². The summed E-state index contributed by atoms with van der Waals surface area (Å²) < 4.78 is 30.7. The molecule has 0 saturated carbocycles. The molecule has 0 radical (unpaired) electrons. The van der Waals surface area contributed by atoms with Gasteiger partial charge in [0.2, 0.25) is 5.82 Å². The van der Waals surface area contributed by atoms with Crippen LogP contribution in [0.4, 0.5) is 8.78 Å². The first-order valence-corrected chi connectivity index (χ1v) is 4.27. The van der Waals surface area contributed by atoms with Gasteiger partial charge in [0.1, 0.15) is 0 Å². The number of allylic oxidation sites excluding steroid dienone is 1. The molecule has 0 N–H and O–H groups in total. The zero-order chi connectivity index (χ0) is 11.4. The van der Waals surface area contributed by atoms with E-state index in [1.54, 1.807) is 0 Å². The van der Waals surface area contributed by atoms with Gasteiger partial charge in [0.25, 0.3) is 0 Å². The minimum atomic E-state index is -1.05. The first kappa shape index (κ1) is 11.4. The lowest BCUT2D eigenvalue weighted by Crippen LogP contribution is -1.95. The number of carbonyl (C=O) groups excluding carboxylic acids is 1. The highest BCUT2D eigenvalue weighted by molar-refractivity contribution is 5.91. The number of ether oxygens (including phenoxy) is 1. The van der Waals surface area contributed by atoms with Gasteiger partial charge in [-0.1, -0.05) is 0 Å². The van der Waals surface area contributed by atoms with Gasteiger partial charge in [-0.05, 0) is 31.2 Å². The Morgan fingerprint density at radius 1 is 1.40 bits per heavy atom. The van der Waals surface area contributed by atoms with E-state index < -0.39 is 11.6 Å². The summed E-state index contributed by atoms with van der Waals surface area (Å²) in [5.74, 6) is -2.41. The van der Waals surface area contributed by atoms with Crippen molar-refractivity contribution in [2.45, 2.75) is 6.92 Å². The van der Waals surface area contributed by atoms with Gasteiger partial charge < -0.3 is 4.74 Å². The highest BCUT2D eigenvalue weighted by Gasteiger charge is 2.12. The molecule has 80 valence electrons. The number of carbonyl (C=O) groups is 1. The minimum Gasteiger partial charge on any atom is -0.493 e. The van der Waals surface area contributed by atoms with E-state index in [1.165, 1.54) is 32.3 Å². The Morgan fingerprint density at radius 2 is 2.07 bits per heavy atom. The summed E-state index contributed by atoms with van der Waals surface area (Å²) in [7, 11) is 1.24. The number of rotatable bonds is 3. The molecule has 0 aliphatic rings. The average Bonchev–Trinajstić information content (AvgIpc) is 2.19. The van der Waals surface area contributed by atoms with Crippen molar-refractivity contribution in [2.75, 3.05) is 7.11 Å². The molecule has 0 saturated heterocycles. The molecule has 0 amide bonds. The van der Waals surface area contributed by atoms with Crippen molar-refractivity contribution >= 4 is 11.9 Å². The van der Waals surface area contributed by atoms with Crippen molar-refractivity contribution in [3.05, 3.63) is 35.4 Å². The second kappa shape index (κ2) is 4.68. The minimum absolute atomic E-state index is 0.179. The van der Waals surface area contributed by atoms with Gasteiger partial charge in [-0.15, -0.1) is 0 Å². The first-order chi connectivity index (χ1) is 7.06. The summed E-state index contributed by atoms with van der Waals surface area (Å²) in [5.41, 5.74) is 0.326. The summed E-state index contributed by atoms with van der Waals surface area (Å²) in [6, 6.07) is 2.33. The lowest BCUT2D eigenvalue weighted by atomic mass is 10.1. The summed E-state index contributed by atoms with van der Waals surface area (Å²) in [5, 5.41) is 0. The standard InChI is InChI=1S/C11H10F2O2/c1-7(14)3-4-8-5-6-9(12)10(13)11(8)15-2/h3-6H,1-2H3/b4-3+. The maximum atomic E-state index is 13.2. The lowest BCUT2D eigenvalue weighted by Gasteiger charge is -2.06. The average molecular weight is 212 g/mol. The molecule has 1 aromatic rings. The van der Waals surface area contributed by atoms with Crippen LogP contribution in [0.1, 0.15) is 12.5 Å². The smallest absolute Gasteiger partial charge is 0.201 e. The van der Waals surface area contributed by atoms with Gasteiger partial charge in [0.05, 0.1) is 7.11 Å². The van der Waals surface area contributed by atoms with Crippen LogP contribution in [0.25, 0.3) is 6.08 Å². The molecular weight excluding hydrogens is 202 g/mol. The van der Waals surface area contributed by atoms with Crippen molar-refractivity contribution < 1.29 is 18.3 Å². The van der Waals surface area contributed by atoms with Crippen LogP contribution in [0.5, 0.6) is 5.75 Å². The van der Waals surface area contributed by atoms with Crippen LogP contribution in [-0.4, -0.2) is 12.9 Å². The molecule has 1 aromatic carbocycles. The summed E-state index contributed by atoms with van der Waals surface area (Å²) in [6.07, 6.45) is 2.64. The van der Waals surface area contributed by atoms with Crippen molar-refractivity contribution in [2.24, 2.45) is 0 Å². The van der Waals surface area contributed by atoms with Crippen LogP contribution in [-0.2, 0) is 4.79 Å². The van der Waals surface area contributed by atoms with Crippen LogP contribution in [0.3, 0.4) is 0 Å². The largest absolute Gasteiger partial charge is 0.493 e. The molecule has 15 heavy (non-hydrogen) atoms. The van der Waals surface area contributed by atoms with Gasteiger partial charge >= 0.3 is 0 Å².